The van der Waals surface area contributed by atoms with Gasteiger partial charge >= 0.3 is 5.97 Å². The van der Waals surface area contributed by atoms with Gasteiger partial charge < -0.3 is 10.5 Å². The summed E-state index contributed by atoms with van der Waals surface area (Å²) in [5.74, 6) is -0.773. The molecule has 0 saturated heterocycles. The fourth-order valence-corrected chi connectivity index (χ4v) is 2.67. The minimum Gasteiger partial charge on any atom is -0.465 e. The van der Waals surface area contributed by atoms with Crippen LogP contribution < -0.4 is 10.5 Å². The maximum Gasteiger partial charge on any atom is 0.339 e. The van der Waals surface area contributed by atoms with E-state index < -0.39 is 16.0 Å². The highest BCUT2D eigenvalue weighted by atomic mass is 35.5. The van der Waals surface area contributed by atoms with Gasteiger partial charge in [0.1, 0.15) is 0 Å². The standard InChI is InChI=1S/C10H13ClN2O4S.ClH/c1-17-10(14)8-6-7(11)2-3-9(8)18(15,16)13-5-4-12;/h2-3,6,13H,4-5,12H2,1H3;1H. The maximum atomic E-state index is 11.9. The normalized spacial score (nSPS) is 10.7. The zero-order valence-electron chi connectivity index (χ0n) is 10.1. The summed E-state index contributed by atoms with van der Waals surface area (Å²) in [6.45, 7) is 0.228. The predicted molar refractivity (Wildman–Crippen MR) is 74.3 cm³/mol. The zero-order valence-corrected chi connectivity index (χ0v) is 12.4. The van der Waals surface area contributed by atoms with E-state index in [2.05, 4.69) is 9.46 Å². The molecular formula is C10H14Cl2N2O4S. The summed E-state index contributed by atoms with van der Waals surface area (Å²) in [4.78, 5) is 11.3. The van der Waals surface area contributed by atoms with Crippen molar-refractivity contribution in [2.75, 3.05) is 20.2 Å². The molecule has 0 aliphatic carbocycles. The number of esters is 1. The second kappa shape index (κ2) is 7.66. The summed E-state index contributed by atoms with van der Waals surface area (Å²) in [5, 5.41) is 0.244. The molecule has 9 heteroatoms. The number of methoxy groups -OCH3 is 1. The average molecular weight is 329 g/mol. The van der Waals surface area contributed by atoms with Crippen LogP contribution in [0.25, 0.3) is 0 Å². The molecule has 1 aromatic rings. The SMILES string of the molecule is COC(=O)c1cc(Cl)ccc1S(=O)(=O)NCCN.Cl. The van der Waals surface area contributed by atoms with Crippen LogP contribution in [0.2, 0.25) is 5.02 Å². The van der Waals surface area contributed by atoms with Crippen molar-refractivity contribution in [3.05, 3.63) is 28.8 Å². The van der Waals surface area contributed by atoms with Crippen molar-refractivity contribution >= 4 is 40.0 Å². The minimum absolute atomic E-state index is 0. The zero-order chi connectivity index (χ0) is 13.8. The van der Waals surface area contributed by atoms with Crippen LogP contribution in [0.1, 0.15) is 10.4 Å². The number of rotatable bonds is 5. The van der Waals surface area contributed by atoms with E-state index in [0.717, 1.165) is 7.11 Å². The molecule has 108 valence electrons. The molecule has 0 unspecified atom stereocenters. The van der Waals surface area contributed by atoms with Crippen LogP contribution in [0.3, 0.4) is 0 Å². The molecule has 0 radical (unpaired) electrons. The number of nitrogens with one attached hydrogen (secondary N) is 1. The first-order valence-electron chi connectivity index (χ1n) is 5.00. The Morgan fingerprint density at radius 1 is 1.47 bits per heavy atom. The molecule has 0 amide bonds. The molecule has 3 N–H and O–H groups in total. The first-order chi connectivity index (χ1) is 8.42. The van der Waals surface area contributed by atoms with Gasteiger partial charge in [0, 0.05) is 18.1 Å². The summed E-state index contributed by atoms with van der Waals surface area (Å²) in [5.41, 5.74) is 5.11. The molecule has 0 heterocycles. The lowest BCUT2D eigenvalue weighted by Crippen LogP contribution is -2.30. The summed E-state index contributed by atoms with van der Waals surface area (Å²) in [6.07, 6.45) is 0. The highest BCUT2D eigenvalue weighted by Gasteiger charge is 2.22. The van der Waals surface area contributed by atoms with Gasteiger partial charge in [-0.1, -0.05) is 11.6 Å². The summed E-state index contributed by atoms with van der Waals surface area (Å²) < 4.78 is 30.6. The van der Waals surface area contributed by atoms with Crippen LogP contribution in [0, 0.1) is 0 Å². The number of hydrogen-bond donors (Lipinski definition) is 2. The maximum absolute atomic E-state index is 11.9. The Morgan fingerprint density at radius 3 is 2.63 bits per heavy atom. The van der Waals surface area contributed by atoms with Gasteiger partial charge in [0.05, 0.1) is 17.6 Å². The Hall–Kier alpha value is -0.860. The smallest absolute Gasteiger partial charge is 0.339 e. The third kappa shape index (κ3) is 4.63. The second-order valence-electron chi connectivity index (χ2n) is 3.32. The average Bonchev–Trinajstić information content (AvgIpc) is 2.35. The van der Waals surface area contributed by atoms with Crippen LogP contribution in [-0.2, 0) is 14.8 Å². The molecule has 0 saturated carbocycles. The first-order valence-corrected chi connectivity index (χ1v) is 6.86. The number of sulfonamides is 1. The van der Waals surface area contributed by atoms with Crippen molar-refractivity contribution in [3.63, 3.8) is 0 Å². The Labute approximate surface area is 122 Å². The topological polar surface area (TPSA) is 98.5 Å². The van der Waals surface area contributed by atoms with Gasteiger partial charge in [-0.2, -0.15) is 0 Å². The number of carbonyl (C=O) groups is 1. The van der Waals surface area contributed by atoms with Crippen molar-refractivity contribution in [1.82, 2.24) is 4.72 Å². The van der Waals surface area contributed by atoms with E-state index in [-0.39, 0.29) is 41.0 Å². The van der Waals surface area contributed by atoms with E-state index in [1.54, 1.807) is 0 Å². The van der Waals surface area contributed by atoms with Gasteiger partial charge in [-0.25, -0.2) is 17.9 Å². The van der Waals surface area contributed by atoms with Gasteiger partial charge in [0.2, 0.25) is 10.0 Å². The lowest BCUT2D eigenvalue weighted by Gasteiger charge is -2.10. The van der Waals surface area contributed by atoms with Gasteiger partial charge in [-0.15, -0.1) is 12.4 Å². The van der Waals surface area contributed by atoms with E-state index in [1.807, 2.05) is 0 Å². The molecule has 0 fully saturated rings. The Morgan fingerprint density at radius 2 is 2.11 bits per heavy atom. The van der Waals surface area contributed by atoms with Crippen LogP contribution in [0.4, 0.5) is 0 Å². The molecule has 0 aromatic heterocycles. The van der Waals surface area contributed by atoms with E-state index in [4.69, 9.17) is 17.3 Å². The van der Waals surface area contributed by atoms with Crippen LogP contribution in [-0.4, -0.2) is 34.6 Å². The molecule has 0 bridgehead atoms. The predicted octanol–water partition coefficient (Wildman–Crippen LogP) is 0.785. The largest absolute Gasteiger partial charge is 0.465 e. The lowest BCUT2D eigenvalue weighted by atomic mass is 10.2. The van der Waals surface area contributed by atoms with Gasteiger partial charge in [-0.05, 0) is 18.2 Å². The molecule has 0 aliphatic heterocycles. The highest BCUT2D eigenvalue weighted by Crippen LogP contribution is 2.21. The van der Waals surface area contributed by atoms with Gasteiger partial charge in [-0.3, -0.25) is 0 Å². The number of ether oxygens (including phenoxy) is 1. The Bertz CT molecular complexity index is 548. The molecule has 19 heavy (non-hydrogen) atoms. The molecule has 1 aromatic carbocycles. The van der Waals surface area contributed by atoms with Crippen molar-refractivity contribution in [1.29, 1.82) is 0 Å². The highest BCUT2D eigenvalue weighted by molar-refractivity contribution is 7.89. The molecule has 1 rings (SSSR count). The molecule has 0 aliphatic rings. The number of hydrogen-bond acceptors (Lipinski definition) is 5. The first kappa shape index (κ1) is 18.1. The van der Waals surface area contributed by atoms with E-state index in [9.17, 15) is 13.2 Å². The van der Waals surface area contributed by atoms with Crippen molar-refractivity contribution in [2.45, 2.75) is 4.90 Å². The summed E-state index contributed by atoms with van der Waals surface area (Å²) in [6, 6.07) is 3.86. The van der Waals surface area contributed by atoms with Crippen molar-refractivity contribution in [3.8, 4) is 0 Å². The van der Waals surface area contributed by atoms with Crippen LogP contribution >= 0.6 is 24.0 Å². The van der Waals surface area contributed by atoms with E-state index in [1.165, 1.54) is 18.2 Å². The number of nitrogens with two attached hydrogens (primary N) is 1. The van der Waals surface area contributed by atoms with Crippen molar-refractivity contribution in [2.24, 2.45) is 5.73 Å². The van der Waals surface area contributed by atoms with Crippen molar-refractivity contribution < 1.29 is 17.9 Å². The minimum atomic E-state index is -3.81. The fraction of sp³-hybridized carbons (Fsp3) is 0.300. The third-order valence-electron chi connectivity index (χ3n) is 2.07. The second-order valence-corrected chi connectivity index (χ2v) is 5.49. The van der Waals surface area contributed by atoms with Crippen LogP contribution in [0.15, 0.2) is 23.1 Å². The van der Waals surface area contributed by atoms with Gasteiger partial charge in [0.15, 0.2) is 0 Å². The summed E-state index contributed by atoms with van der Waals surface area (Å²) in [7, 11) is -2.65. The summed E-state index contributed by atoms with van der Waals surface area (Å²) >= 11 is 5.73. The van der Waals surface area contributed by atoms with Gasteiger partial charge in [0.25, 0.3) is 0 Å². The molecule has 0 atom stereocenters. The van der Waals surface area contributed by atoms with E-state index >= 15 is 0 Å². The third-order valence-corrected chi connectivity index (χ3v) is 3.83. The lowest BCUT2D eigenvalue weighted by molar-refractivity contribution is 0.0596. The fourth-order valence-electron chi connectivity index (χ4n) is 1.28. The number of halogens is 2. The quantitative estimate of drug-likeness (QED) is 0.778. The number of carbonyl (C=O) groups excluding carboxylic acids is 1. The van der Waals surface area contributed by atoms with Crippen LogP contribution in [0.5, 0.6) is 0 Å². The molecular weight excluding hydrogens is 315 g/mol. The Kier molecular flexibility index (Phi) is 7.32. The number of benzene rings is 1. The Balaban J connectivity index is 0.00000324. The van der Waals surface area contributed by atoms with E-state index in [0.29, 0.717) is 0 Å². The molecule has 6 nitrogen and oxygen atoms in total. The monoisotopic (exact) mass is 328 g/mol. The molecule has 0 spiro atoms.